The predicted octanol–water partition coefficient (Wildman–Crippen LogP) is 3.32. The average Bonchev–Trinajstić information content (AvgIpc) is 2.79. The van der Waals surface area contributed by atoms with Crippen molar-refractivity contribution in [2.24, 2.45) is 0 Å². The third-order valence-electron chi connectivity index (χ3n) is 6.20. The van der Waals surface area contributed by atoms with Crippen LogP contribution in [0.5, 0.6) is 11.5 Å². The largest absolute Gasteiger partial charge is 0.482 e. The van der Waals surface area contributed by atoms with Crippen LogP contribution < -0.4 is 20.1 Å². The molecule has 10 heteroatoms. The fraction of sp³-hybridized carbons (Fsp3) is 0.455. The van der Waals surface area contributed by atoms with Gasteiger partial charge in [-0.1, -0.05) is 23.2 Å². The lowest BCUT2D eigenvalue weighted by Gasteiger charge is -2.53. The third kappa shape index (κ3) is 5.61. The molecular weight excluding hydrogens is 455 g/mol. The van der Waals surface area contributed by atoms with E-state index in [2.05, 4.69) is 20.6 Å². The molecule has 170 valence electrons. The zero-order valence-electron chi connectivity index (χ0n) is 17.4. The van der Waals surface area contributed by atoms with Crippen LogP contribution in [0, 0.1) is 0 Å². The Balaban J connectivity index is 1.22. The van der Waals surface area contributed by atoms with Gasteiger partial charge in [0.1, 0.15) is 21.8 Å². The highest BCUT2D eigenvalue weighted by molar-refractivity contribution is 6.29. The molecule has 0 spiro atoms. The molecule has 3 aliphatic rings. The topological polar surface area (TPSA) is 102 Å². The van der Waals surface area contributed by atoms with Gasteiger partial charge in [-0.05, 0) is 62.8 Å². The minimum absolute atomic E-state index is 0.0795. The Morgan fingerprint density at radius 1 is 0.750 bits per heavy atom. The number of hydrogen-bond donors (Lipinski definition) is 2. The number of nitrogens with zero attached hydrogens (tertiary/aromatic N) is 2. The smallest absolute Gasteiger partial charge is 0.258 e. The van der Waals surface area contributed by atoms with Crippen LogP contribution in [0.2, 0.25) is 10.3 Å². The average molecular weight is 479 g/mol. The number of rotatable bonds is 8. The van der Waals surface area contributed by atoms with E-state index in [1.54, 1.807) is 24.3 Å². The summed E-state index contributed by atoms with van der Waals surface area (Å²) < 4.78 is 11.0. The summed E-state index contributed by atoms with van der Waals surface area (Å²) in [4.78, 5) is 32.8. The summed E-state index contributed by atoms with van der Waals surface area (Å²) in [6.07, 6.45) is 7.82. The summed E-state index contributed by atoms with van der Waals surface area (Å²) in [5.41, 5.74) is -0.479. The van der Waals surface area contributed by atoms with Crippen LogP contribution in [0.4, 0.5) is 0 Å². The molecule has 2 amide bonds. The summed E-state index contributed by atoms with van der Waals surface area (Å²) >= 11 is 11.5. The van der Waals surface area contributed by atoms with Crippen molar-refractivity contribution in [2.75, 3.05) is 13.2 Å². The molecule has 8 nitrogen and oxygen atoms in total. The molecule has 0 aliphatic heterocycles. The first-order valence-corrected chi connectivity index (χ1v) is 11.2. The van der Waals surface area contributed by atoms with E-state index in [4.69, 9.17) is 32.7 Å². The fourth-order valence-electron chi connectivity index (χ4n) is 4.42. The molecule has 32 heavy (non-hydrogen) atoms. The van der Waals surface area contributed by atoms with Gasteiger partial charge in [0.05, 0.1) is 12.4 Å². The third-order valence-corrected chi connectivity index (χ3v) is 6.64. The molecule has 0 aromatic carbocycles. The Labute approximate surface area is 196 Å². The number of aromatic nitrogens is 2. The van der Waals surface area contributed by atoms with Gasteiger partial charge in [0.25, 0.3) is 11.8 Å². The lowest BCUT2D eigenvalue weighted by molar-refractivity contribution is -0.130. The number of ether oxygens (including phenoxy) is 2. The minimum atomic E-state index is -0.239. The summed E-state index contributed by atoms with van der Waals surface area (Å²) in [6, 6.07) is 6.57. The quantitative estimate of drug-likeness (QED) is 0.564. The van der Waals surface area contributed by atoms with Gasteiger partial charge in [-0.25, -0.2) is 9.97 Å². The first kappa shape index (κ1) is 22.6. The first-order valence-electron chi connectivity index (χ1n) is 10.5. The fourth-order valence-corrected chi connectivity index (χ4v) is 4.64. The molecule has 2 aromatic heterocycles. The van der Waals surface area contributed by atoms with Crippen LogP contribution in [0.25, 0.3) is 0 Å². The van der Waals surface area contributed by atoms with E-state index in [0.29, 0.717) is 21.8 Å². The lowest BCUT2D eigenvalue weighted by atomic mass is 9.61. The van der Waals surface area contributed by atoms with Crippen molar-refractivity contribution >= 4 is 35.0 Å². The summed E-state index contributed by atoms with van der Waals surface area (Å²) in [5.74, 6) is 0.659. The second kappa shape index (κ2) is 9.50. The van der Waals surface area contributed by atoms with E-state index in [1.165, 1.54) is 12.4 Å². The molecule has 3 fully saturated rings. The lowest BCUT2D eigenvalue weighted by Crippen LogP contribution is -2.64. The summed E-state index contributed by atoms with van der Waals surface area (Å²) in [6.45, 7) is -0.159. The molecule has 2 heterocycles. The van der Waals surface area contributed by atoms with Crippen LogP contribution in [0.1, 0.15) is 38.5 Å². The van der Waals surface area contributed by atoms with Gasteiger partial charge >= 0.3 is 0 Å². The van der Waals surface area contributed by atoms with Crippen LogP contribution in [-0.4, -0.2) is 46.1 Å². The maximum Gasteiger partial charge on any atom is 0.258 e. The van der Waals surface area contributed by atoms with Crippen molar-refractivity contribution < 1.29 is 19.1 Å². The standard InChI is InChI=1S/C22H24Cl2N4O4/c23-17-3-1-15(11-25-17)31-13-19(29)27-21-5-8-22(9-6-21,10-7-21)28-20(30)14-32-16-2-4-18(24)26-12-16/h1-4,11-12H,5-10,13-14H2,(H,27,29)(H,28,30). The van der Waals surface area contributed by atoms with Crippen molar-refractivity contribution in [3.8, 4) is 11.5 Å². The molecule has 2 N–H and O–H groups in total. The second-order valence-corrected chi connectivity index (χ2v) is 9.14. The number of carbonyl (C=O) groups excluding carboxylic acids is 2. The van der Waals surface area contributed by atoms with Gasteiger partial charge in [0, 0.05) is 11.1 Å². The Kier molecular flexibility index (Phi) is 6.71. The van der Waals surface area contributed by atoms with Crippen molar-refractivity contribution in [2.45, 2.75) is 49.6 Å². The SMILES string of the molecule is O=C(COc1ccc(Cl)nc1)NC12CCC(NC(=O)COc3ccc(Cl)nc3)(CC1)CC2. The van der Waals surface area contributed by atoms with Crippen molar-refractivity contribution in [3.63, 3.8) is 0 Å². The Morgan fingerprint density at radius 2 is 1.12 bits per heavy atom. The maximum absolute atomic E-state index is 12.4. The highest BCUT2D eigenvalue weighted by Gasteiger charge is 2.49. The number of hydrogen-bond acceptors (Lipinski definition) is 6. The highest BCUT2D eigenvalue weighted by atomic mass is 35.5. The van der Waals surface area contributed by atoms with Crippen LogP contribution in [-0.2, 0) is 9.59 Å². The van der Waals surface area contributed by atoms with Gasteiger partial charge < -0.3 is 20.1 Å². The van der Waals surface area contributed by atoms with E-state index < -0.39 is 0 Å². The molecule has 5 rings (SSSR count). The number of halogens is 2. The van der Waals surface area contributed by atoms with Crippen molar-refractivity contribution in [1.29, 1.82) is 0 Å². The normalized spacial score (nSPS) is 23.9. The minimum Gasteiger partial charge on any atom is -0.482 e. The van der Waals surface area contributed by atoms with Crippen molar-refractivity contribution in [3.05, 3.63) is 47.0 Å². The second-order valence-electron chi connectivity index (χ2n) is 8.37. The number of carbonyl (C=O) groups is 2. The number of nitrogens with one attached hydrogen (secondary N) is 2. The van der Waals surface area contributed by atoms with Gasteiger partial charge in [-0.3, -0.25) is 9.59 Å². The van der Waals surface area contributed by atoms with E-state index in [0.717, 1.165) is 38.5 Å². The predicted molar refractivity (Wildman–Crippen MR) is 119 cm³/mol. The highest BCUT2D eigenvalue weighted by Crippen LogP contribution is 2.46. The molecular formula is C22H24Cl2N4O4. The molecule has 0 radical (unpaired) electrons. The molecule has 0 saturated heterocycles. The van der Waals surface area contributed by atoms with E-state index in [1.807, 2.05) is 0 Å². The van der Waals surface area contributed by atoms with E-state index in [9.17, 15) is 9.59 Å². The monoisotopic (exact) mass is 478 g/mol. The molecule has 3 saturated carbocycles. The van der Waals surface area contributed by atoms with Crippen LogP contribution >= 0.6 is 23.2 Å². The van der Waals surface area contributed by atoms with Crippen LogP contribution in [0.15, 0.2) is 36.7 Å². The zero-order valence-corrected chi connectivity index (χ0v) is 18.9. The van der Waals surface area contributed by atoms with E-state index >= 15 is 0 Å². The molecule has 2 bridgehead atoms. The maximum atomic E-state index is 12.4. The number of fused-ring (bicyclic) bond motifs is 3. The first-order chi connectivity index (χ1) is 15.4. The van der Waals surface area contributed by atoms with E-state index in [-0.39, 0.29) is 36.1 Å². The van der Waals surface area contributed by atoms with Crippen molar-refractivity contribution in [1.82, 2.24) is 20.6 Å². The van der Waals surface area contributed by atoms with Gasteiger partial charge in [0.15, 0.2) is 13.2 Å². The molecule has 0 atom stereocenters. The summed E-state index contributed by atoms with van der Waals surface area (Å²) in [5, 5.41) is 7.05. The molecule has 2 aromatic rings. The number of pyridine rings is 2. The van der Waals surface area contributed by atoms with Crippen LogP contribution in [0.3, 0.4) is 0 Å². The van der Waals surface area contributed by atoms with Gasteiger partial charge in [-0.15, -0.1) is 0 Å². The Bertz CT molecular complexity index is 865. The van der Waals surface area contributed by atoms with Gasteiger partial charge in [-0.2, -0.15) is 0 Å². The zero-order chi connectivity index (χ0) is 22.6. The molecule has 0 unspecified atom stereocenters. The Morgan fingerprint density at radius 3 is 1.44 bits per heavy atom. The summed E-state index contributed by atoms with van der Waals surface area (Å²) in [7, 11) is 0. The molecule has 3 aliphatic carbocycles. The number of amides is 2. The van der Waals surface area contributed by atoms with Gasteiger partial charge in [0.2, 0.25) is 0 Å². The Hall–Kier alpha value is -2.58.